The lowest BCUT2D eigenvalue weighted by molar-refractivity contribution is 0.318. The van der Waals surface area contributed by atoms with Gasteiger partial charge in [0, 0.05) is 0 Å². The number of anilines is 1. The molecule has 106 valence electrons. The monoisotopic (exact) mass is 296 g/mol. The smallest absolute Gasteiger partial charge is 0.263 e. The van der Waals surface area contributed by atoms with Crippen molar-refractivity contribution in [3.63, 3.8) is 0 Å². The van der Waals surface area contributed by atoms with E-state index in [1.54, 1.807) is 12.1 Å². The maximum atomic E-state index is 9.71. The first kappa shape index (κ1) is 13.9. The number of nitrogen functional groups attached to an aromatic ring is 1. The molecule has 0 bridgehead atoms. The summed E-state index contributed by atoms with van der Waals surface area (Å²) in [5, 5.41) is 21.1. The first-order valence-electron chi connectivity index (χ1n) is 5.71. The number of hydrazone groups is 1. The fraction of sp³-hybridized carbons (Fsp3) is 0.182. The van der Waals surface area contributed by atoms with E-state index in [9.17, 15) is 5.11 Å². The Balaban J connectivity index is 2.15. The summed E-state index contributed by atoms with van der Waals surface area (Å²) in [6, 6.07) is 3.17. The first-order chi connectivity index (χ1) is 9.61. The third-order valence-corrected chi connectivity index (χ3v) is 2.59. The second-order valence-corrected chi connectivity index (χ2v) is 4.12. The summed E-state index contributed by atoms with van der Waals surface area (Å²) >= 11 is 5.90. The SMILES string of the molecule is CCOc1cc(C=NNc2nncn2N)cc(Cl)c1O. The number of halogens is 1. The summed E-state index contributed by atoms with van der Waals surface area (Å²) in [7, 11) is 0. The van der Waals surface area contributed by atoms with Gasteiger partial charge in [0.1, 0.15) is 6.33 Å². The Bertz CT molecular complexity index is 627. The molecule has 2 rings (SSSR count). The number of aromatic hydroxyl groups is 1. The number of hydrogen-bond acceptors (Lipinski definition) is 7. The van der Waals surface area contributed by atoms with Crippen molar-refractivity contribution in [3.8, 4) is 11.5 Å². The quantitative estimate of drug-likeness (QED) is 0.434. The molecule has 8 nitrogen and oxygen atoms in total. The summed E-state index contributed by atoms with van der Waals surface area (Å²) in [5.41, 5.74) is 3.26. The molecule has 1 aromatic carbocycles. The Labute approximate surface area is 119 Å². The minimum Gasteiger partial charge on any atom is -0.503 e. The number of benzene rings is 1. The molecule has 0 aliphatic carbocycles. The Morgan fingerprint density at radius 1 is 1.60 bits per heavy atom. The van der Waals surface area contributed by atoms with E-state index in [1.807, 2.05) is 6.92 Å². The number of aromatic nitrogens is 3. The lowest BCUT2D eigenvalue weighted by atomic mass is 10.2. The lowest BCUT2D eigenvalue weighted by Gasteiger charge is -2.08. The van der Waals surface area contributed by atoms with Crippen LogP contribution in [0.15, 0.2) is 23.6 Å². The van der Waals surface area contributed by atoms with E-state index in [0.717, 1.165) is 0 Å². The summed E-state index contributed by atoms with van der Waals surface area (Å²) in [6.45, 7) is 2.22. The molecule has 0 aliphatic rings. The average Bonchev–Trinajstić information content (AvgIpc) is 2.81. The zero-order valence-electron chi connectivity index (χ0n) is 10.6. The van der Waals surface area contributed by atoms with Gasteiger partial charge in [-0.2, -0.15) is 5.10 Å². The minimum atomic E-state index is -0.0969. The molecule has 0 aliphatic heterocycles. The van der Waals surface area contributed by atoms with Gasteiger partial charge < -0.3 is 15.7 Å². The zero-order valence-corrected chi connectivity index (χ0v) is 11.4. The molecule has 1 aromatic heterocycles. The van der Waals surface area contributed by atoms with Gasteiger partial charge >= 0.3 is 0 Å². The third kappa shape index (κ3) is 3.09. The van der Waals surface area contributed by atoms with Crippen LogP contribution in [0.4, 0.5) is 5.95 Å². The van der Waals surface area contributed by atoms with Crippen molar-refractivity contribution >= 4 is 23.8 Å². The Kier molecular flexibility index (Phi) is 4.26. The topological polar surface area (TPSA) is 111 Å². The van der Waals surface area contributed by atoms with Crippen LogP contribution in [0, 0.1) is 0 Å². The van der Waals surface area contributed by atoms with Crippen LogP contribution in [0.25, 0.3) is 0 Å². The summed E-state index contributed by atoms with van der Waals surface area (Å²) in [5.74, 6) is 5.99. The summed E-state index contributed by atoms with van der Waals surface area (Å²) < 4.78 is 6.45. The Morgan fingerprint density at radius 2 is 2.40 bits per heavy atom. The largest absolute Gasteiger partial charge is 0.503 e. The number of phenolic OH excluding ortho intramolecular Hbond substituents is 1. The molecule has 9 heteroatoms. The van der Waals surface area contributed by atoms with Crippen LogP contribution < -0.4 is 16.0 Å². The highest BCUT2D eigenvalue weighted by molar-refractivity contribution is 6.32. The fourth-order valence-corrected chi connectivity index (χ4v) is 1.64. The highest BCUT2D eigenvalue weighted by Gasteiger charge is 2.08. The highest BCUT2D eigenvalue weighted by atomic mass is 35.5. The molecule has 2 aromatic rings. The predicted octanol–water partition coefficient (Wildman–Crippen LogP) is 1.20. The van der Waals surface area contributed by atoms with Crippen LogP contribution in [0.3, 0.4) is 0 Å². The van der Waals surface area contributed by atoms with Gasteiger partial charge in [-0.05, 0) is 24.6 Å². The van der Waals surface area contributed by atoms with Crippen LogP contribution in [0.5, 0.6) is 11.5 Å². The summed E-state index contributed by atoms with van der Waals surface area (Å²) in [4.78, 5) is 0. The van der Waals surface area contributed by atoms with Crippen LogP contribution in [0.2, 0.25) is 5.02 Å². The van der Waals surface area contributed by atoms with E-state index < -0.39 is 0 Å². The van der Waals surface area contributed by atoms with Crippen LogP contribution in [0.1, 0.15) is 12.5 Å². The molecule has 0 spiro atoms. The second-order valence-electron chi connectivity index (χ2n) is 3.71. The first-order valence-corrected chi connectivity index (χ1v) is 6.09. The van der Waals surface area contributed by atoms with E-state index >= 15 is 0 Å². The van der Waals surface area contributed by atoms with E-state index in [0.29, 0.717) is 17.9 Å². The van der Waals surface area contributed by atoms with Crippen molar-refractivity contribution < 1.29 is 9.84 Å². The molecule has 1 heterocycles. The normalized spacial score (nSPS) is 10.9. The number of rotatable bonds is 5. The molecule has 0 fully saturated rings. The van der Waals surface area contributed by atoms with Crippen molar-refractivity contribution in [3.05, 3.63) is 29.0 Å². The van der Waals surface area contributed by atoms with Crippen molar-refractivity contribution in [2.75, 3.05) is 17.9 Å². The molecular weight excluding hydrogens is 284 g/mol. The molecule has 0 unspecified atom stereocenters. The van der Waals surface area contributed by atoms with Crippen LogP contribution >= 0.6 is 11.6 Å². The maximum absolute atomic E-state index is 9.71. The predicted molar refractivity (Wildman–Crippen MR) is 75.7 cm³/mol. The van der Waals surface area contributed by atoms with Gasteiger partial charge in [0.05, 0.1) is 17.8 Å². The number of nitrogens with one attached hydrogen (secondary N) is 1. The van der Waals surface area contributed by atoms with Crippen molar-refractivity contribution in [1.82, 2.24) is 14.9 Å². The van der Waals surface area contributed by atoms with Crippen molar-refractivity contribution in [2.24, 2.45) is 5.10 Å². The highest BCUT2D eigenvalue weighted by Crippen LogP contribution is 2.34. The van der Waals surface area contributed by atoms with Gasteiger partial charge in [-0.25, -0.2) is 10.1 Å². The van der Waals surface area contributed by atoms with Gasteiger partial charge in [0.25, 0.3) is 5.95 Å². The van der Waals surface area contributed by atoms with Crippen LogP contribution in [-0.2, 0) is 0 Å². The maximum Gasteiger partial charge on any atom is 0.263 e. The average molecular weight is 297 g/mol. The second kappa shape index (κ2) is 6.11. The molecule has 0 atom stereocenters. The van der Waals surface area contributed by atoms with Crippen LogP contribution in [-0.4, -0.2) is 32.8 Å². The van der Waals surface area contributed by atoms with Gasteiger partial charge in [-0.1, -0.05) is 11.6 Å². The number of phenols is 1. The standard InChI is InChI=1S/C11H13ClN6O2/c1-2-20-9-4-7(3-8(12)10(9)19)5-14-16-11-17-15-6-18(11)13/h3-6,19H,2,13H2,1H3,(H,16,17). The van der Waals surface area contributed by atoms with E-state index in [2.05, 4.69) is 20.7 Å². The van der Waals surface area contributed by atoms with Gasteiger partial charge in [-0.15, -0.1) is 10.2 Å². The van der Waals surface area contributed by atoms with Gasteiger partial charge in [0.2, 0.25) is 0 Å². The van der Waals surface area contributed by atoms with E-state index in [1.165, 1.54) is 17.2 Å². The lowest BCUT2D eigenvalue weighted by Crippen LogP contribution is -2.10. The Hall–Kier alpha value is -2.48. The Morgan fingerprint density at radius 3 is 3.05 bits per heavy atom. The molecular formula is C11H13ClN6O2. The third-order valence-electron chi connectivity index (χ3n) is 2.30. The number of nitrogens with two attached hydrogens (primary N) is 1. The number of hydrogen-bond donors (Lipinski definition) is 3. The number of nitrogens with zero attached hydrogens (tertiary/aromatic N) is 4. The molecule has 0 saturated heterocycles. The van der Waals surface area contributed by atoms with E-state index in [-0.39, 0.29) is 16.7 Å². The fourth-order valence-electron chi connectivity index (χ4n) is 1.42. The molecule has 20 heavy (non-hydrogen) atoms. The molecule has 0 saturated carbocycles. The zero-order chi connectivity index (χ0) is 14.5. The number of ether oxygens (including phenoxy) is 1. The molecule has 4 N–H and O–H groups in total. The van der Waals surface area contributed by atoms with Crippen molar-refractivity contribution in [1.29, 1.82) is 0 Å². The molecule has 0 amide bonds. The van der Waals surface area contributed by atoms with Crippen molar-refractivity contribution in [2.45, 2.75) is 6.92 Å². The minimum absolute atomic E-state index is 0.0969. The van der Waals surface area contributed by atoms with Gasteiger partial charge in [-0.3, -0.25) is 0 Å². The molecule has 0 radical (unpaired) electrons. The van der Waals surface area contributed by atoms with Gasteiger partial charge in [0.15, 0.2) is 11.5 Å². The summed E-state index contributed by atoms with van der Waals surface area (Å²) in [6.07, 6.45) is 2.82. The van der Waals surface area contributed by atoms with E-state index in [4.69, 9.17) is 22.2 Å².